The number of hydrogen-bond donors (Lipinski definition) is 1. The van der Waals surface area contributed by atoms with Gasteiger partial charge >= 0.3 is 0 Å². The molecule has 1 amide bonds. The van der Waals surface area contributed by atoms with Gasteiger partial charge in [-0.15, -0.1) is 0 Å². The Kier molecular flexibility index (Phi) is 6.78. The number of para-hydroxylation sites is 2. The minimum Gasteiger partial charge on any atom is -0.317 e. The summed E-state index contributed by atoms with van der Waals surface area (Å²) in [6, 6.07) is 28.9. The molecule has 0 fully saturated rings. The monoisotopic (exact) mass is 665 g/mol. The molecule has 44 heavy (non-hydrogen) atoms. The smallest absolute Gasteiger partial charge is 0.291 e. The third-order valence-electron chi connectivity index (χ3n) is 8.08. The van der Waals surface area contributed by atoms with Crippen molar-refractivity contribution in [2.75, 3.05) is 10.2 Å². The molecule has 220 valence electrons. The first-order valence-electron chi connectivity index (χ1n) is 14.2. The van der Waals surface area contributed by atoms with Gasteiger partial charge in [0.05, 0.1) is 38.6 Å². The third kappa shape index (κ3) is 4.56. The topological polar surface area (TPSA) is 96.7 Å². The summed E-state index contributed by atoms with van der Waals surface area (Å²) in [5.74, 6) is 0.770. The molecule has 1 N–H and O–H groups in total. The molecule has 2 aliphatic rings. The molecule has 8 nitrogen and oxygen atoms in total. The summed E-state index contributed by atoms with van der Waals surface area (Å²) in [6.07, 6.45) is 0. The number of hydrogen-bond acceptors (Lipinski definition) is 6. The quantitative estimate of drug-likeness (QED) is 0.210. The van der Waals surface area contributed by atoms with Gasteiger partial charge in [0.15, 0.2) is 5.82 Å². The molecular formula is C34H28BrN5O3S. The van der Waals surface area contributed by atoms with Crippen molar-refractivity contribution in [1.82, 2.24) is 9.78 Å². The van der Waals surface area contributed by atoms with E-state index in [4.69, 9.17) is 10.1 Å². The van der Waals surface area contributed by atoms with Crippen LogP contribution in [0.5, 0.6) is 0 Å². The molecule has 1 atom stereocenters. The van der Waals surface area contributed by atoms with Gasteiger partial charge < -0.3 is 10.2 Å². The van der Waals surface area contributed by atoms with Gasteiger partial charge in [0.25, 0.3) is 5.91 Å². The van der Waals surface area contributed by atoms with Crippen LogP contribution < -0.4 is 10.2 Å². The van der Waals surface area contributed by atoms with Crippen LogP contribution in [-0.2, 0) is 14.6 Å². The first kappa shape index (κ1) is 28.2. The Bertz CT molecular complexity index is 2080. The van der Waals surface area contributed by atoms with E-state index in [1.54, 1.807) is 41.1 Å². The predicted octanol–water partition coefficient (Wildman–Crippen LogP) is 7.49. The maximum atomic E-state index is 13.5. The number of sulfone groups is 1. The highest BCUT2D eigenvalue weighted by Crippen LogP contribution is 2.47. The Morgan fingerprint density at radius 1 is 0.886 bits per heavy atom. The van der Waals surface area contributed by atoms with E-state index in [2.05, 4.69) is 35.1 Å². The molecule has 0 spiro atoms. The zero-order valence-electron chi connectivity index (χ0n) is 24.2. The maximum Gasteiger partial charge on any atom is 0.291 e. The Labute approximate surface area is 264 Å². The molecule has 7 rings (SSSR count). The number of anilines is 2. The van der Waals surface area contributed by atoms with Gasteiger partial charge in [-0.25, -0.2) is 18.1 Å². The standard InChI is InChI=1S/C34H28BrN5O3S/c1-20(2)22-11-15-26(16-12-22)44(42,43)27-17-13-25(14-18-27)40-32-30(21(3)38-40)31(23-7-6-8-24(35)19-23)39-29-10-5-4-9-28(29)36-34(41)33(39)37-32/h4-20,31H,1-3H3,(H,36,41)/t31-/m1/s1. The molecule has 0 radical (unpaired) electrons. The van der Waals surface area contributed by atoms with Crippen LogP contribution in [0, 0.1) is 6.92 Å². The number of rotatable bonds is 5. The highest BCUT2D eigenvalue weighted by atomic mass is 79.9. The molecule has 1 aromatic heterocycles. The number of amidine groups is 1. The number of nitrogens with one attached hydrogen (secondary N) is 1. The lowest BCUT2D eigenvalue weighted by Crippen LogP contribution is -2.48. The van der Waals surface area contributed by atoms with Gasteiger partial charge in [-0.3, -0.25) is 4.79 Å². The van der Waals surface area contributed by atoms with Gasteiger partial charge in [-0.1, -0.05) is 66.2 Å². The highest BCUT2D eigenvalue weighted by Gasteiger charge is 2.42. The van der Waals surface area contributed by atoms with E-state index in [1.807, 2.05) is 72.5 Å². The highest BCUT2D eigenvalue weighted by molar-refractivity contribution is 9.10. The minimum absolute atomic E-state index is 0.184. The average molecular weight is 667 g/mol. The number of fused-ring (bicyclic) bond motifs is 4. The summed E-state index contributed by atoms with van der Waals surface area (Å²) in [7, 11) is -3.71. The zero-order valence-corrected chi connectivity index (χ0v) is 26.6. The van der Waals surface area contributed by atoms with E-state index >= 15 is 0 Å². The third-order valence-corrected chi connectivity index (χ3v) is 10.4. The van der Waals surface area contributed by atoms with Gasteiger partial charge in [-0.2, -0.15) is 5.10 Å². The fourth-order valence-corrected chi connectivity index (χ4v) is 7.53. The zero-order chi connectivity index (χ0) is 30.7. The number of amides is 1. The molecule has 0 bridgehead atoms. The summed E-state index contributed by atoms with van der Waals surface area (Å²) in [4.78, 5) is 20.7. The number of carbonyl (C=O) groups is 1. The molecule has 0 saturated carbocycles. The molecular weight excluding hydrogens is 638 g/mol. The summed E-state index contributed by atoms with van der Waals surface area (Å²) in [5, 5.41) is 7.84. The summed E-state index contributed by atoms with van der Waals surface area (Å²) in [5.41, 5.74) is 5.83. The van der Waals surface area contributed by atoms with Crippen LogP contribution in [0.3, 0.4) is 0 Å². The largest absolute Gasteiger partial charge is 0.317 e. The van der Waals surface area contributed by atoms with E-state index in [9.17, 15) is 13.2 Å². The van der Waals surface area contributed by atoms with Crippen LogP contribution in [0.25, 0.3) is 5.69 Å². The minimum atomic E-state index is -3.71. The second kappa shape index (κ2) is 10.6. The van der Waals surface area contributed by atoms with E-state index in [1.165, 1.54) is 0 Å². The number of carbonyl (C=O) groups excluding carboxylic acids is 1. The summed E-state index contributed by atoms with van der Waals surface area (Å²) >= 11 is 3.61. The van der Waals surface area contributed by atoms with Crippen LogP contribution in [0.1, 0.15) is 48.2 Å². The second-order valence-electron chi connectivity index (χ2n) is 11.2. The van der Waals surface area contributed by atoms with Crippen molar-refractivity contribution in [2.24, 2.45) is 4.99 Å². The van der Waals surface area contributed by atoms with Gasteiger partial charge in [-0.05, 0) is 84.6 Å². The van der Waals surface area contributed by atoms with Crippen molar-refractivity contribution in [3.05, 3.63) is 124 Å². The lowest BCUT2D eigenvalue weighted by Gasteiger charge is -2.40. The van der Waals surface area contributed by atoms with Crippen molar-refractivity contribution in [1.29, 1.82) is 0 Å². The molecule has 10 heteroatoms. The van der Waals surface area contributed by atoms with E-state index in [0.29, 0.717) is 23.1 Å². The van der Waals surface area contributed by atoms with Crippen molar-refractivity contribution in [3.63, 3.8) is 0 Å². The van der Waals surface area contributed by atoms with Crippen LogP contribution in [-0.4, -0.2) is 29.9 Å². The van der Waals surface area contributed by atoms with E-state index in [-0.39, 0.29) is 27.6 Å². The fraction of sp³-hybridized carbons (Fsp3) is 0.147. The van der Waals surface area contributed by atoms with E-state index < -0.39 is 9.84 Å². The van der Waals surface area contributed by atoms with Crippen LogP contribution in [0.2, 0.25) is 0 Å². The first-order chi connectivity index (χ1) is 21.1. The summed E-state index contributed by atoms with van der Waals surface area (Å²) in [6.45, 7) is 6.07. The van der Waals surface area contributed by atoms with Gasteiger partial charge in [0, 0.05) is 10.0 Å². The van der Waals surface area contributed by atoms with Crippen molar-refractivity contribution >= 4 is 54.7 Å². The van der Waals surface area contributed by atoms with Crippen molar-refractivity contribution in [2.45, 2.75) is 42.5 Å². The predicted molar refractivity (Wildman–Crippen MR) is 175 cm³/mol. The Hall–Kier alpha value is -4.54. The first-order valence-corrected chi connectivity index (χ1v) is 16.5. The number of aliphatic imine (C=N–C) groups is 1. The molecule has 2 aliphatic heterocycles. The Balaban J connectivity index is 1.35. The van der Waals surface area contributed by atoms with Crippen LogP contribution in [0.4, 0.5) is 17.2 Å². The van der Waals surface area contributed by atoms with Gasteiger partial charge in [0.2, 0.25) is 15.7 Å². The molecule has 0 unspecified atom stereocenters. The van der Waals surface area contributed by atoms with Gasteiger partial charge in [0.1, 0.15) is 0 Å². The normalized spacial score (nSPS) is 15.8. The number of nitrogens with zero attached hydrogens (tertiary/aromatic N) is 4. The number of aryl methyl sites for hydroxylation is 1. The molecule has 4 aromatic carbocycles. The second-order valence-corrected chi connectivity index (χ2v) is 14.1. The van der Waals surface area contributed by atoms with Crippen molar-refractivity contribution < 1.29 is 13.2 Å². The molecule has 3 heterocycles. The SMILES string of the molecule is Cc1nn(-c2ccc(S(=O)(=O)c3ccc(C(C)C)cc3)cc2)c2c1[C@@H](c1cccc(Br)c1)N1C(=N2)C(=O)Nc2ccccc21. The fourth-order valence-electron chi connectivity index (χ4n) is 5.85. The molecule has 0 aliphatic carbocycles. The van der Waals surface area contributed by atoms with Crippen LogP contribution >= 0.6 is 15.9 Å². The maximum absolute atomic E-state index is 13.5. The summed E-state index contributed by atoms with van der Waals surface area (Å²) < 4.78 is 29.4. The lowest BCUT2D eigenvalue weighted by atomic mass is 9.93. The number of halogens is 1. The lowest BCUT2D eigenvalue weighted by molar-refractivity contribution is -0.110. The average Bonchev–Trinajstić information content (AvgIpc) is 3.36. The number of benzene rings is 4. The van der Waals surface area contributed by atoms with E-state index in [0.717, 1.165) is 32.5 Å². The molecule has 5 aromatic rings. The Morgan fingerprint density at radius 2 is 1.57 bits per heavy atom. The van der Waals surface area contributed by atoms with Crippen molar-refractivity contribution in [3.8, 4) is 5.69 Å². The van der Waals surface area contributed by atoms with Crippen LogP contribution in [0.15, 0.2) is 116 Å². The molecule has 0 saturated heterocycles. The Morgan fingerprint density at radius 3 is 2.25 bits per heavy atom. The number of aromatic nitrogens is 2.